The standard InChI is InChI=1S/C14H23NS/c1-4-13-9-10-14(16-13)8-6-5-7-11-15-12(2)3/h5-6,9-10,12,15H,4,7-8,11H2,1-3H3. The molecule has 2 heteroatoms. The van der Waals surface area contributed by atoms with Crippen molar-refractivity contribution in [3.63, 3.8) is 0 Å². The normalized spacial score (nSPS) is 11.8. The van der Waals surface area contributed by atoms with Gasteiger partial charge < -0.3 is 5.32 Å². The molecule has 1 heterocycles. The summed E-state index contributed by atoms with van der Waals surface area (Å²) >= 11 is 1.93. The minimum Gasteiger partial charge on any atom is -0.314 e. The molecule has 0 fully saturated rings. The fraction of sp³-hybridized carbons (Fsp3) is 0.571. The predicted molar refractivity (Wildman–Crippen MR) is 74.3 cm³/mol. The molecule has 0 aliphatic carbocycles. The van der Waals surface area contributed by atoms with E-state index in [1.807, 2.05) is 11.3 Å². The maximum atomic E-state index is 3.41. The van der Waals surface area contributed by atoms with E-state index in [0.29, 0.717) is 6.04 Å². The fourth-order valence-corrected chi connectivity index (χ4v) is 2.43. The Kier molecular flexibility index (Phi) is 6.43. The van der Waals surface area contributed by atoms with E-state index in [-0.39, 0.29) is 0 Å². The van der Waals surface area contributed by atoms with Crippen LogP contribution >= 0.6 is 11.3 Å². The van der Waals surface area contributed by atoms with E-state index < -0.39 is 0 Å². The van der Waals surface area contributed by atoms with Gasteiger partial charge in [-0.3, -0.25) is 0 Å². The van der Waals surface area contributed by atoms with Crippen LogP contribution in [0.5, 0.6) is 0 Å². The summed E-state index contributed by atoms with van der Waals surface area (Å²) in [5.74, 6) is 0. The molecule has 1 aromatic heterocycles. The molecule has 0 spiro atoms. The number of hydrogen-bond acceptors (Lipinski definition) is 2. The molecule has 0 aliphatic rings. The Hall–Kier alpha value is -0.600. The summed E-state index contributed by atoms with van der Waals surface area (Å²) in [6.45, 7) is 7.66. The number of hydrogen-bond donors (Lipinski definition) is 1. The van der Waals surface area contributed by atoms with Crippen LogP contribution in [-0.4, -0.2) is 12.6 Å². The van der Waals surface area contributed by atoms with Crippen molar-refractivity contribution in [1.82, 2.24) is 5.32 Å². The summed E-state index contributed by atoms with van der Waals surface area (Å²) in [4.78, 5) is 2.97. The number of aryl methyl sites for hydroxylation is 1. The highest BCUT2D eigenvalue weighted by atomic mass is 32.1. The molecule has 1 aromatic rings. The molecule has 0 radical (unpaired) electrons. The van der Waals surface area contributed by atoms with Crippen molar-refractivity contribution in [3.8, 4) is 0 Å². The lowest BCUT2D eigenvalue weighted by Gasteiger charge is -2.04. The molecule has 0 aromatic carbocycles. The summed E-state index contributed by atoms with van der Waals surface area (Å²) in [6.07, 6.45) is 7.94. The first-order valence-electron chi connectivity index (χ1n) is 6.18. The molecule has 0 saturated heterocycles. The van der Waals surface area contributed by atoms with Gasteiger partial charge in [0.1, 0.15) is 0 Å². The minimum atomic E-state index is 0.595. The first-order valence-corrected chi connectivity index (χ1v) is 7.00. The van der Waals surface area contributed by atoms with Gasteiger partial charge in [-0.25, -0.2) is 0 Å². The van der Waals surface area contributed by atoms with Crippen molar-refractivity contribution < 1.29 is 0 Å². The summed E-state index contributed by atoms with van der Waals surface area (Å²) in [5.41, 5.74) is 0. The highest BCUT2D eigenvalue weighted by Crippen LogP contribution is 2.17. The SMILES string of the molecule is CCc1ccc(CC=CCCNC(C)C)s1. The summed E-state index contributed by atoms with van der Waals surface area (Å²) in [5, 5.41) is 3.41. The van der Waals surface area contributed by atoms with Crippen LogP contribution in [0.3, 0.4) is 0 Å². The Morgan fingerprint density at radius 2 is 2.00 bits per heavy atom. The second-order valence-electron chi connectivity index (χ2n) is 4.29. The topological polar surface area (TPSA) is 12.0 Å². The third-order valence-corrected chi connectivity index (χ3v) is 3.67. The number of nitrogens with one attached hydrogen (secondary N) is 1. The third-order valence-electron chi connectivity index (χ3n) is 2.42. The van der Waals surface area contributed by atoms with Gasteiger partial charge in [0.15, 0.2) is 0 Å². The van der Waals surface area contributed by atoms with Crippen molar-refractivity contribution in [1.29, 1.82) is 0 Å². The van der Waals surface area contributed by atoms with E-state index in [1.54, 1.807) is 0 Å². The molecule has 16 heavy (non-hydrogen) atoms. The van der Waals surface area contributed by atoms with Crippen molar-refractivity contribution in [2.45, 2.75) is 46.1 Å². The molecular formula is C14H23NS. The van der Waals surface area contributed by atoms with E-state index in [1.165, 1.54) is 9.75 Å². The molecule has 1 N–H and O–H groups in total. The van der Waals surface area contributed by atoms with Crippen LogP contribution in [0, 0.1) is 0 Å². The lowest BCUT2D eigenvalue weighted by molar-refractivity contribution is 0.594. The lowest BCUT2D eigenvalue weighted by atomic mass is 10.2. The van der Waals surface area contributed by atoms with E-state index >= 15 is 0 Å². The smallest absolute Gasteiger partial charge is 0.00858 e. The zero-order valence-corrected chi connectivity index (χ0v) is 11.4. The van der Waals surface area contributed by atoms with Gasteiger partial charge in [-0.05, 0) is 37.9 Å². The van der Waals surface area contributed by atoms with Crippen LogP contribution in [0.2, 0.25) is 0 Å². The summed E-state index contributed by atoms with van der Waals surface area (Å²) < 4.78 is 0. The predicted octanol–water partition coefficient (Wildman–Crippen LogP) is 3.80. The molecule has 0 bridgehead atoms. The van der Waals surface area contributed by atoms with Gasteiger partial charge in [-0.15, -0.1) is 11.3 Å². The molecule has 0 saturated carbocycles. The minimum absolute atomic E-state index is 0.595. The molecule has 1 rings (SSSR count). The van der Waals surface area contributed by atoms with Crippen molar-refractivity contribution in [3.05, 3.63) is 34.0 Å². The zero-order valence-electron chi connectivity index (χ0n) is 10.6. The van der Waals surface area contributed by atoms with Crippen LogP contribution in [0.15, 0.2) is 24.3 Å². The molecular weight excluding hydrogens is 214 g/mol. The van der Waals surface area contributed by atoms with E-state index in [9.17, 15) is 0 Å². The van der Waals surface area contributed by atoms with Gasteiger partial charge in [0.2, 0.25) is 0 Å². The second-order valence-corrected chi connectivity index (χ2v) is 5.55. The molecule has 0 unspecified atom stereocenters. The summed E-state index contributed by atoms with van der Waals surface area (Å²) in [6, 6.07) is 5.09. The van der Waals surface area contributed by atoms with Gasteiger partial charge in [0.25, 0.3) is 0 Å². The molecule has 0 amide bonds. The van der Waals surface area contributed by atoms with E-state index in [4.69, 9.17) is 0 Å². The Bertz CT molecular complexity index is 312. The molecule has 90 valence electrons. The van der Waals surface area contributed by atoms with E-state index in [0.717, 1.165) is 25.8 Å². The largest absolute Gasteiger partial charge is 0.314 e. The fourth-order valence-electron chi connectivity index (χ4n) is 1.49. The second kappa shape index (κ2) is 7.64. The Morgan fingerprint density at radius 3 is 2.62 bits per heavy atom. The van der Waals surface area contributed by atoms with Crippen molar-refractivity contribution >= 4 is 11.3 Å². The van der Waals surface area contributed by atoms with Gasteiger partial charge in [0.05, 0.1) is 0 Å². The first kappa shape index (κ1) is 13.5. The van der Waals surface area contributed by atoms with Gasteiger partial charge in [0, 0.05) is 15.8 Å². The third kappa shape index (κ3) is 5.47. The monoisotopic (exact) mass is 237 g/mol. The van der Waals surface area contributed by atoms with Gasteiger partial charge in [-0.1, -0.05) is 32.9 Å². The van der Waals surface area contributed by atoms with Crippen LogP contribution in [0.25, 0.3) is 0 Å². The van der Waals surface area contributed by atoms with Crippen LogP contribution < -0.4 is 5.32 Å². The number of rotatable bonds is 7. The average Bonchev–Trinajstić information content (AvgIpc) is 2.70. The zero-order chi connectivity index (χ0) is 11.8. The van der Waals surface area contributed by atoms with Crippen LogP contribution in [0.1, 0.15) is 36.9 Å². The first-order chi connectivity index (χ1) is 7.72. The maximum Gasteiger partial charge on any atom is 0.00858 e. The van der Waals surface area contributed by atoms with Gasteiger partial charge >= 0.3 is 0 Å². The number of allylic oxidation sites excluding steroid dienone is 1. The average molecular weight is 237 g/mol. The maximum absolute atomic E-state index is 3.41. The van der Waals surface area contributed by atoms with Gasteiger partial charge in [-0.2, -0.15) is 0 Å². The Morgan fingerprint density at radius 1 is 1.25 bits per heavy atom. The molecule has 0 aliphatic heterocycles. The van der Waals surface area contributed by atoms with Crippen LogP contribution in [0.4, 0.5) is 0 Å². The van der Waals surface area contributed by atoms with Crippen molar-refractivity contribution in [2.24, 2.45) is 0 Å². The highest BCUT2D eigenvalue weighted by Gasteiger charge is 1.95. The quantitative estimate of drug-likeness (QED) is 0.562. The van der Waals surface area contributed by atoms with Crippen molar-refractivity contribution in [2.75, 3.05) is 6.54 Å². The lowest BCUT2D eigenvalue weighted by Crippen LogP contribution is -2.23. The Balaban J connectivity index is 2.16. The molecule has 1 nitrogen and oxygen atoms in total. The molecule has 0 atom stereocenters. The Labute approximate surface area is 104 Å². The van der Waals surface area contributed by atoms with Crippen LogP contribution in [-0.2, 0) is 12.8 Å². The van der Waals surface area contributed by atoms with E-state index in [2.05, 4.69) is 50.4 Å². The highest BCUT2D eigenvalue weighted by molar-refractivity contribution is 7.12. The summed E-state index contributed by atoms with van der Waals surface area (Å²) in [7, 11) is 0. The number of thiophene rings is 1.